The normalized spacial score (nSPS) is 13.5. The highest BCUT2D eigenvalue weighted by molar-refractivity contribution is 6.37. The number of nitrogens with zero attached hydrogens (tertiary/aromatic N) is 1. The number of imide groups is 1. The van der Waals surface area contributed by atoms with E-state index in [9.17, 15) is 9.59 Å². The van der Waals surface area contributed by atoms with Crippen LogP contribution in [0.4, 0.5) is 5.69 Å². The van der Waals surface area contributed by atoms with Gasteiger partial charge in [0.1, 0.15) is 17.2 Å². The van der Waals surface area contributed by atoms with Gasteiger partial charge in [-0.05, 0) is 41.8 Å². The van der Waals surface area contributed by atoms with Crippen LogP contribution < -0.4 is 14.8 Å². The van der Waals surface area contributed by atoms with E-state index in [-0.39, 0.29) is 23.7 Å². The van der Waals surface area contributed by atoms with Gasteiger partial charge in [-0.15, -0.1) is 0 Å². The van der Waals surface area contributed by atoms with Crippen molar-refractivity contribution in [1.82, 2.24) is 4.90 Å². The van der Waals surface area contributed by atoms with E-state index in [0.717, 1.165) is 5.56 Å². The van der Waals surface area contributed by atoms with E-state index >= 15 is 0 Å². The maximum atomic E-state index is 13.4. The second-order valence-electron chi connectivity index (χ2n) is 7.45. The molecule has 1 heterocycles. The Morgan fingerprint density at radius 2 is 1.61 bits per heavy atom. The molecule has 0 saturated carbocycles. The van der Waals surface area contributed by atoms with Crippen LogP contribution in [0.1, 0.15) is 11.1 Å². The van der Waals surface area contributed by atoms with Crippen LogP contribution >= 0.6 is 11.6 Å². The Morgan fingerprint density at radius 1 is 0.879 bits per heavy atom. The predicted octanol–water partition coefficient (Wildman–Crippen LogP) is 4.79. The molecular weight excluding hydrogens is 440 g/mol. The van der Waals surface area contributed by atoms with Crippen LogP contribution in [0.25, 0.3) is 5.57 Å². The molecular formula is C26H23ClN2O4. The number of methoxy groups -OCH3 is 2. The molecule has 33 heavy (non-hydrogen) atoms. The van der Waals surface area contributed by atoms with Crippen LogP contribution in [-0.4, -0.2) is 37.5 Å². The number of hydrogen-bond donors (Lipinski definition) is 1. The first-order chi connectivity index (χ1) is 16.0. The Kier molecular flexibility index (Phi) is 6.66. The molecule has 2 amide bonds. The molecule has 1 aliphatic rings. The summed E-state index contributed by atoms with van der Waals surface area (Å²) in [5.74, 6) is 0.347. The third-order valence-corrected chi connectivity index (χ3v) is 5.69. The van der Waals surface area contributed by atoms with Gasteiger partial charge >= 0.3 is 0 Å². The average Bonchev–Trinajstić information content (AvgIpc) is 3.07. The molecule has 168 valence electrons. The maximum Gasteiger partial charge on any atom is 0.278 e. The second kappa shape index (κ2) is 9.79. The summed E-state index contributed by atoms with van der Waals surface area (Å²) in [4.78, 5) is 28.1. The Hall–Kier alpha value is -3.77. The molecule has 6 nitrogen and oxygen atoms in total. The Morgan fingerprint density at radius 3 is 2.27 bits per heavy atom. The van der Waals surface area contributed by atoms with Crippen molar-refractivity contribution >= 4 is 34.7 Å². The van der Waals surface area contributed by atoms with E-state index in [1.807, 2.05) is 30.3 Å². The highest BCUT2D eigenvalue weighted by Gasteiger charge is 2.39. The molecule has 0 spiro atoms. The van der Waals surface area contributed by atoms with Crippen molar-refractivity contribution in [3.8, 4) is 11.5 Å². The highest BCUT2D eigenvalue weighted by Crippen LogP contribution is 2.35. The van der Waals surface area contributed by atoms with E-state index in [1.54, 1.807) is 49.6 Å². The van der Waals surface area contributed by atoms with E-state index in [1.165, 1.54) is 12.0 Å². The first kappa shape index (κ1) is 22.4. The van der Waals surface area contributed by atoms with Crippen LogP contribution in [0, 0.1) is 0 Å². The van der Waals surface area contributed by atoms with E-state index in [2.05, 4.69) is 5.32 Å². The third kappa shape index (κ3) is 4.71. The summed E-state index contributed by atoms with van der Waals surface area (Å²) >= 11 is 6.04. The molecule has 7 heteroatoms. The number of halogens is 1. The number of hydrogen-bond acceptors (Lipinski definition) is 5. The van der Waals surface area contributed by atoms with Gasteiger partial charge < -0.3 is 14.8 Å². The quantitative estimate of drug-likeness (QED) is 0.487. The lowest BCUT2D eigenvalue weighted by Crippen LogP contribution is -2.34. The minimum absolute atomic E-state index is 0.182. The van der Waals surface area contributed by atoms with Gasteiger partial charge in [-0.2, -0.15) is 0 Å². The molecule has 0 aliphatic carbocycles. The lowest BCUT2D eigenvalue weighted by molar-refractivity contribution is -0.136. The summed E-state index contributed by atoms with van der Waals surface area (Å²) in [6, 6.07) is 21.8. The second-order valence-corrected chi connectivity index (χ2v) is 7.88. The van der Waals surface area contributed by atoms with E-state index < -0.39 is 5.91 Å². The highest BCUT2D eigenvalue weighted by atomic mass is 35.5. The van der Waals surface area contributed by atoms with Crippen molar-refractivity contribution in [2.24, 2.45) is 0 Å². The fraction of sp³-hybridized carbons (Fsp3) is 0.154. The van der Waals surface area contributed by atoms with Crippen LogP contribution in [0.2, 0.25) is 5.02 Å². The number of rotatable bonds is 8. The van der Waals surface area contributed by atoms with Crippen LogP contribution in [0.3, 0.4) is 0 Å². The summed E-state index contributed by atoms with van der Waals surface area (Å²) in [6.45, 7) is 0.263. The first-order valence-electron chi connectivity index (χ1n) is 10.4. The zero-order chi connectivity index (χ0) is 23.4. The Labute approximate surface area is 197 Å². The Balaban J connectivity index is 1.72. The number of carbonyl (C=O) groups is 2. The lowest BCUT2D eigenvalue weighted by Gasteiger charge is -2.16. The number of carbonyl (C=O) groups excluding carboxylic acids is 2. The van der Waals surface area contributed by atoms with Gasteiger partial charge in [-0.25, -0.2) is 0 Å². The van der Waals surface area contributed by atoms with Crippen molar-refractivity contribution in [3.63, 3.8) is 0 Å². The monoisotopic (exact) mass is 462 g/mol. The van der Waals surface area contributed by atoms with E-state index in [0.29, 0.717) is 34.2 Å². The largest absolute Gasteiger partial charge is 0.497 e. The standard InChI is InChI=1S/C26H23ClN2O4/c1-32-20-12-13-22(33-2)21(16-20)28-24-23(18-8-10-19(27)11-9-18)25(30)29(26(24)31)15-14-17-6-4-3-5-7-17/h3-13,16,28H,14-15H2,1-2H3. The zero-order valence-electron chi connectivity index (χ0n) is 18.3. The predicted molar refractivity (Wildman–Crippen MR) is 128 cm³/mol. The lowest BCUT2D eigenvalue weighted by atomic mass is 10.0. The van der Waals surface area contributed by atoms with Crippen molar-refractivity contribution < 1.29 is 19.1 Å². The smallest absolute Gasteiger partial charge is 0.278 e. The van der Waals surface area contributed by atoms with Gasteiger partial charge in [-0.1, -0.05) is 54.1 Å². The van der Waals surface area contributed by atoms with Gasteiger partial charge in [0.05, 0.1) is 25.5 Å². The molecule has 3 aromatic carbocycles. The summed E-state index contributed by atoms with van der Waals surface area (Å²) in [5.41, 5.74) is 2.63. The molecule has 3 aromatic rings. The molecule has 0 saturated heterocycles. The molecule has 1 N–H and O–H groups in total. The molecule has 0 atom stereocenters. The maximum absolute atomic E-state index is 13.4. The van der Waals surface area contributed by atoms with Gasteiger partial charge in [-0.3, -0.25) is 14.5 Å². The fourth-order valence-electron chi connectivity index (χ4n) is 3.71. The topological polar surface area (TPSA) is 67.9 Å². The molecule has 0 aromatic heterocycles. The number of nitrogens with one attached hydrogen (secondary N) is 1. The number of benzene rings is 3. The van der Waals surface area contributed by atoms with Crippen molar-refractivity contribution in [2.45, 2.75) is 6.42 Å². The number of ether oxygens (including phenoxy) is 2. The summed E-state index contributed by atoms with van der Waals surface area (Å²) in [5, 5.41) is 3.68. The summed E-state index contributed by atoms with van der Waals surface area (Å²) in [7, 11) is 3.09. The molecule has 0 bridgehead atoms. The van der Waals surface area contributed by atoms with Crippen LogP contribution in [0.5, 0.6) is 11.5 Å². The minimum Gasteiger partial charge on any atom is -0.497 e. The molecule has 0 unspecified atom stereocenters. The molecule has 0 radical (unpaired) electrons. The fourth-order valence-corrected chi connectivity index (χ4v) is 3.84. The molecule has 4 rings (SSSR count). The van der Waals surface area contributed by atoms with Crippen molar-refractivity contribution in [1.29, 1.82) is 0 Å². The minimum atomic E-state index is -0.397. The van der Waals surface area contributed by atoms with Gasteiger partial charge in [0, 0.05) is 17.6 Å². The molecule has 1 aliphatic heterocycles. The first-order valence-corrected chi connectivity index (χ1v) is 10.8. The van der Waals surface area contributed by atoms with Crippen molar-refractivity contribution in [2.75, 3.05) is 26.1 Å². The number of anilines is 1. The third-order valence-electron chi connectivity index (χ3n) is 5.43. The summed E-state index contributed by atoms with van der Waals surface area (Å²) in [6.07, 6.45) is 0.558. The van der Waals surface area contributed by atoms with Crippen LogP contribution in [0.15, 0.2) is 78.5 Å². The van der Waals surface area contributed by atoms with Gasteiger partial charge in [0.25, 0.3) is 11.8 Å². The summed E-state index contributed by atoms with van der Waals surface area (Å²) < 4.78 is 10.7. The zero-order valence-corrected chi connectivity index (χ0v) is 19.1. The van der Waals surface area contributed by atoms with Crippen molar-refractivity contribution in [3.05, 3.63) is 94.6 Å². The number of amides is 2. The molecule has 0 fully saturated rings. The average molecular weight is 463 g/mol. The van der Waals surface area contributed by atoms with Gasteiger partial charge in [0.15, 0.2) is 0 Å². The van der Waals surface area contributed by atoms with Gasteiger partial charge in [0.2, 0.25) is 0 Å². The SMILES string of the molecule is COc1ccc(OC)c(NC2=C(c3ccc(Cl)cc3)C(=O)N(CCc3ccccc3)C2=O)c1. The van der Waals surface area contributed by atoms with Crippen LogP contribution in [-0.2, 0) is 16.0 Å². The van der Waals surface area contributed by atoms with E-state index in [4.69, 9.17) is 21.1 Å². The Bertz CT molecular complexity index is 1210.